The molecule has 1 rings (SSSR count). The fourth-order valence-corrected chi connectivity index (χ4v) is 2.27. The van der Waals surface area contributed by atoms with Gasteiger partial charge in [-0.05, 0) is 24.3 Å². The van der Waals surface area contributed by atoms with E-state index in [1.165, 1.54) is 5.56 Å². The minimum absolute atomic E-state index is 0.0599. The Labute approximate surface area is 120 Å². The van der Waals surface area contributed by atoms with Gasteiger partial charge in [0.25, 0.3) is 0 Å². The van der Waals surface area contributed by atoms with Gasteiger partial charge in [-0.1, -0.05) is 56.4 Å². The maximum atomic E-state index is 11.9. The Morgan fingerprint density at radius 3 is 2.53 bits per heavy atom. The van der Waals surface area contributed by atoms with Gasteiger partial charge in [-0.15, -0.1) is 0 Å². The second-order valence-corrected chi connectivity index (χ2v) is 5.23. The molecule has 0 aromatic heterocycles. The number of carbonyl (C=O) groups excluding carboxylic acids is 1. The molecule has 1 aromatic rings. The van der Waals surface area contributed by atoms with E-state index in [2.05, 4.69) is 24.4 Å². The van der Waals surface area contributed by atoms with Crippen molar-refractivity contribution in [3.63, 3.8) is 0 Å². The van der Waals surface area contributed by atoms with E-state index in [-0.39, 0.29) is 16.8 Å². The summed E-state index contributed by atoms with van der Waals surface area (Å²) in [7, 11) is 0. The van der Waals surface area contributed by atoms with E-state index in [0.29, 0.717) is 18.9 Å². The average molecular weight is 278 g/mol. The predicted molar refractivity (Wildman–Crippen MR) is 83.1 cm³/mol. The molecule has 2 unspecified atom stereocenters. The topological polar surface area (TPSA) is 55.1 Å². The van der Waals surface area contributed by atoms with E-state index in [4.69, 9.17) is 18.0 Å². The summed E-state index contributed by atoms with van der Waals surface area (Å²) in [6.07, 6.45) is 1.55. The van der Waals surface area contributed by atoms with Crippen molar-refractivity contribution in [1.29, 1.82) is 0 Å². The standard InChI is InChI=1S/C15H22N2OS/c1-3-13(14(16)19)15(18)17-10-9-11(2)12-7-5-4-6-8-12/h4-8,11,13H,3,9-10H2,1-2H3,(H2,16,19)(H,17,18). The number of hydrogen-bond acceptors (Lipinski definition) is 2. The molecule has 1 amide bonds. The summed E-state index contributed by atoms with van der Waals surface area (Å²) in [6, 6.07) is 10.3. The van der Waals surface area contributed by atoms with Gasteiger partial charge in [0.05, 0.1) is 10.9 Å². The lowest BCUT2D eigenvalue weighted by Crippen LogP contribution is -2.38. The number of nitrogens with one attached hydrogen (secondary N) is 1. The van der Waals surface area contributed by atoms with Gasteiger partial charge in [0.1, 0.15) is 0 Å². The molecule has 3 nitrogen and oxygen atoms in total. The van der Waals surface area contributed by atoms with Crippen molar-refractivity contribution in [1.82, 2.24) is 5.32 Å². The van der Waals surface area contributed by atoms with E-state index in [9.17, 15) is 4.79 Å². The summed E-state index contributed by atoms with van der Waals surface area (Å²) in [5, 5.41) is 2.91. The second kappa shape index (κ2) is 7.89. The molecule has 3 N–H and O–H groups in total. The molecule has 0 aliphatic rings. The van der Waals surface area contributed by atoms with Gasteiger partial charge < -0.3 is 11.1 Å². The molecular formula is C15H22N2OS. The molecule has 0 saturated heterocycles. The van der Waals surface area contributed by atoms with Gasteiger partial charge in [0.15, 0.2) is 0 Å². The fourth-order valence-electron chi connectivity index (χ4n) is 2.00. The van der Waals surface area contributed by atoms with Crippen molar-refractivity contribution >= 4 is 23.1 Å². The molecule has 4 heteroatoms. The normalized spacial score (nSPS) is 13.6. The lowest BCUT2D eigenvalue weighted by Gasteiger charge is -2.15. The Bertz CT molecular complexity index is 419. The zero-order valence-corrected chi connectivity index (χ0v) is 12.4. The monoisotopic (exact) mass is 278 g/mol. The van der Waals surface area contributed by atoms with Crippen LogP contribution in [0.15, 0.2) is 30.3 Å². The lowest BCUT2D eigenvalue weighted by molar-refractivity contribution is -0.123. The molecule has 0 heterocycles. The smallest absolute Gasteiger partial charge is 0.229 e. The maximum Gasteiger partial charge on any atom is 0.229 e. The van der Waals surface area contributed by atoms with Crippen molar-refractivity contribution in [2.45, 2.75) is 32.6 Å². The molecular weight excluding hydrogens is 256 g/mol. The molecule has 104 valence electrons. The number of nitrogens with two attached hydrogens (primary N) is 1. The molecule has 0 spiro atoms. The third-order valence-corrected chi connectivity index (χ3v) is 3.60. The van der Waals surface area contributed by atoms with Crippen LogP contribution in [0.2, 0.25) is 0 Å². The molecule has 0 radical (unpaired) electrons. The van der Waals surface area contributed by atoms with Crippen LogP contribution in [0, 0.1) is 5.92 Å². The molecule has 0 aliphatic carbocycles. The Hall–Kier alpha value is -1.42. The van der Waals surface area contributed by atoms with Gasteiger partial charge in [-0.2, -0.15) is 0 Å². The van der Waals surface area contributed by atoms with E-state index >= 15 is 0 Å². The molecule has 0 aliphatic heterocycles. The first kappa shape index (κ1) is 15.6. The van der Waals surface area contributed by atoms with Crippen LogP contribution in [0.4, 0.5) is 0 Å². The molecule has 0 fully saturated rings. The minimum Gasteiger partial charge on any atom is -0.393 e. The highest BCUT2D eigenvalue weighted by atomic mass is 32.1. The molecule has 2 atom stereocenters. The number of thiocarbonyl (C=S) groups is 1. The van der Waals surface area contributed by atoms with Crippen LogP contribution in [-0.2, 0) is 4.79 Å². The first-order valence-corrected chi connectivity index (χ1v) is 7.09. The Balaban J connectivity index is 2.38. The van der Waals surface area contributed by atoms with Gasteiger partial charge >= 0.3 is 0 Å². The van der Waals surface area contributed by atoms with Crippen molar-refractivity contribution in [3.05, 3.63) is 35.9 Å². The molecule has 1 aromatic carbocycles. The van der Waals surface area contributed by atoms with E-state index < -0.39 is 0 Å². The highest BCUT2D eigenvalue weighted by Crippen LogP contribution is 2.17. The molecule has 0 bridgehead atoms. The maximum absolute atomic E-state index is 11.9. The number of hydrogen-bond donors (Lipinski definition) is 2. The lowest BCUT2D eigenvalue weighted by atomic mass is 9.98. The quantitative estimate of drug-likeness (QED) is 0.754. The summed E-state index contributed by atoms with van der Waals surface area (Å²) < 4.78 is 0. The predicted octanol–water partition coefficient (Wildman–Crippen LogP) is 2.61. The van der Waals surface area contributed by atoms with Crippen molar-refractivity contribution in [3.8, 4) is 0 Å². The summed E-state index contributed by atoms with van der Waals surface area (Å²) in [4.78, 5) is 12.1. The third-order valence-electron chi connectivity index (χ3n) is 3.31. The van der Waals surface area contributed by atoms with Gasteiger partial charge in [0, 0.05) is 6.54 Å². The summed E-state index contributed by atoms with van der Waals surface area (Å²) >= 11 is 4.89. The summed E-state index contributed by atoms with van der Waals surface area (Å²) in [5.41, 5.74) is 6.83. The van der Waals surface area contributed by atoms with Crippen LogP contribution in [0.5, 0.6) is 0 Å². The Morgan fingerprint density at radius 2 is 2.00 bits per heavy atom. The average Bonchev–Trinajstić information content (AvgIpc) is 2.40. The van der Waals surface area contributed by atoms with Crippen LogP contribution in [0.3, 0.4) is 0 Å². The van der Waals surface area contributed by atoms with Crippen LogP contribution in [-0.4, -0.2) is 17.4 Å². The van der Waals surface area contributed by atoms with Gasteiger partial charge in [0.2, 0.25) is 5.91 Å². The van der Waals surface area contributed by atoms with Crippen molar-refractivity contribution in [2.75, 3.05) is 6.54 Å². The highest BCUT2D eigenvalue weighted by molar-refractivity contribution is 7.80. The van der Waals surface area contributed by atoms with Crippen LogP contribution >= 0.6 is 12.2 Å². The van der Waals surface area contributed by atoms with Crippen molar-refractivity contribution < 1.29 is 4.79 Å². The largest absolute Gasteiger partial charge is 0.393 e. The SMILES string of the molecule is CCC(C(=O)NCCC(C)c1ccccc1)C(N)=S. The third kappa shape index (κ3) is 4.99. The van der Waals surface area contributed by atoms with Crippen LogP contribution in [0.1, 0.15) is 38.2 Å². The summed E-state index contributed by atoms with van der Waals surface area (Å²) in [6.45, 7) is 4.72. The zero-order valence-electron chi connectivity index (χ0n) is 11.6. The number of rotatable bonds is 7. The fraction of sp³-hybridized carbons (Fsp3) is 0.467. The zero-order chi connectivity index (χ0) is 14.3. The minimum atomic E-state index is -0.345. The van der Waals surface area contributed by atoms with Gasteiger partial charge in [-0.3, -0.25) is 4.79 Å². The van der Waals surface area contributed by atoms with E-state index in [1.54, 1.807) is 0 Å². The summed E-state index contributed by atoms with van der Waals surface area (Å²) in [5.74, 6) is 0.0173. The van der Waals surface area contributed by atoms with Crippen molar-refractivity contribution in [2.24, 2.45) is 11.7 Å². The van der Waals surface area contributed by atoms with E-state index in [0.717, 1.165) is 6.42 Å². The van der Waals surface area contributed by atoms with Crippen LogP contribution in [0.25, 0.3) is 0 Å². The Kier molecular flexibility index (Phi) is 6.50. The van der Waals surface area contributed by atoms with E-state index in [1.807, 2.05) is 25.1 Å². The number of amides is 1. The number of benzene rings is 1. The highest BCUT2D eigenvalue weighted by Gasteiger charge is 2.18. The number of carbonyl (C=O) groups is 1. The molecule has 0 saturated carbocycles. The Morgan fingerprint density at radius 1 is 1.37 bits per heavy atom. The molecule has 19 heavy (non-hydrogen) atoms. The van der Waals surface area contributed by atoms with Gasteiger partial charge in [-0.25, -0.2) is 0 Å². The second-order valence-electron chi connectivity index (χ2n) is 4.75. The first-order chi connectivity index (χ1) is 9.06. The van der Waals surface area contributed by atoms with Crippen LogP contribution < -0.4 is 11.1 Å². The first-order valence-electron chi connectivity index (χ1n) is 6.68.